The van der Waals surface area contributed by atoms with Crippen LogP contribution in [0.5, 0.6) is 0 Å². The van der Waals surface area contributed by atoms with Gasteiger partial charge in [-0.1, -0.05) is 23.2 Å². The lowest BCUT2D eigenvalue weighted by atomic mass is 10.1. The van der Waals surface area contributed by atoms with Gasteiger partial charge in [-0.15, -0.1) is 11.8 Å². The van der Waals surface area contributed by atoms with Crippen molar-refractivity contribution < 1.29 is 0 Å². The van der Waals surface area contributed by atoms with Crippen LogP contribution in [-0.2, 0) is 0 Å². The molecule has 4 heteroatoms. The number of hydrogen-bond acceptors (Lipinski definition) is 2. The van der Waals surface area contributed by atoms with Crippen LogP contribution in [0.3, 0.4) is 0 Å². The Hall–Kier alpha value is 0.110. The Kier molecular flexibility index (Phi) is 4.63. The first kappa shape index (κ1) is 14.1. The molecule has 0 amide bonds. The summed E-state index contributed by atoms with van der Waals surface area (Å²) in [5.41, 5.74) is 0. The second-order valence-corrected chi connectivity index (χ2v) is 7.56. The second kappa shape index (κ2) is 6.26. The number of halogens is 2. The number of hydrogen-bond donors (Lipinski definition) is 1. The van der Waals surface area contributed by atoms with Crippen LogP contribution < -0.4 is 5.32 Å². The first-order chi connectivity index (χ1) is 9.24. The van der Waals surface area contributed by atoms with E-state index in [-0.39, 0.29) is 0 Å². The quantitative estimate of drug-likeness (QED) is 0.569. The molecule has 2 aliphatic carbocycles. The van der Waals surface area contributed by atoms with Gasteiger partial charge >= 0.3 is 0 Å². The van der Waals surface area contributed by atoms with E-state index in [2.05, 4.69) is 5.32 Å². The molecule has 0 atom stereocenters. The molecular weight excluding hydrogens is 297 g/mol. The molecule has 3 rings (SSSR count). The Morgan fingerprint density at radius 3 is 2.37 bits per heavy atom. The molecule has 0 saturated heterocycles. The molecule has 0 aliphatic heterocycles. The van der Waals surface area contributed by atoms with Crippen LogP contribution in [0.25, 0.3) is 0 Å². The highest BCUT2D eigenvalue weighted by Crippen LogP contribution is 2.44. The lowest BCUT2D eigenvalue weighted by Crippen LogP contribution is -2.34. The minimum absolute atomic E-state index is 0.631. The summed E-state index contributed by atoms with van der Waals surface area (Å²) in [5, 5.41) is 5.04. The molecule has 2 saturated carbocycles. The Morgan fingerprint density at radius 1 is 1.11 bits per heavy atom. The van der Waals surface area contributed by atoms with Gasteiger partial charge in [0, 0.05) is 23.2 Å². The van der Waals surface area contributed by atoms with Crippen molar-refractivity contribution in [2.24, 2.45) is 11.8 Å². The fourth-order valence-corrected chi connectivity index (χ4v) is 3.77. The van der Waals surface area contributed by atoms with Crippen molar-refractivity contribution in [2.75, 3.05) is 12.3 Å². The van der Waals surface area contributed by atoms with E-state index in [4.69, 9.17) is 23.2 Å². The Balaban J connectivity index is 1.41. The summed E-state index contributed by atoms with van der Waals surface area (Å²) in [4.78, 5) is 1.20. The van der Waals surface area contributed by atoms with E-state index in [1.807, 2.05) is 30.0 Å². The lowest BCUT2D eigenvalue weighted by molar-refractivity contribution is 0.429. The van der Waals surface area contributed by atoms with E-state index in [0.717, 1.165) is 30.2 Å². The van der Waals surface area contributed by atoms with Gasteiger partial charge in [0.05, 0.1) is 10.0 Å². The van der Waals surface area contributed by atoms with Crippen molar-refractivity contribution in [3.8, 4) is 0 Å². The smallest absolute Gasteiger partial charge is 0.0603 e. The zero-order chi connectivity index (χ0) is 13.2. The van der Waals surface area contributed by atoms with E-state index >= 15 is 0 Å². The first-order valence-electron chi connectivity index (χ1n) is 7.05. The zero-order valence-electron chi connectivity index (χ0n) is 10.9. The highest BCUT2D eigenvalue weighted by molar-refractivity contribution is 7.99. The molecule has 0 unspecified atom stereocenters. The Labute approximate surface area is 129 Å². The molecule has 19 heavy (non-hydrogen) atoms. The topological polar surface area (TPSA) is 12.0 Å². The zero-order valence-corrected chi connectivity index (χ0v) is 13.2. The molecule has 2 aliphatic rings. The van der Waals surface area contributed by atoms with Gasteiger partial charge in [0.25, 0.3) is 0 Å². The predicted molar refractivity (Wildman–Crippen MR) is 84.4 cm³/mol. The van der Waals surface area contributed by atoms with E-state index in [1.54, 1.807) is 0 Å². The van der Waals surface area contributed by atoms with E-state index < -0.39 is 0 Å². The van der Waals surface area contributed by atoms with Crippen LogP contribution in [0.15, 0.2) is 23.1 Å². The molecule has 104 valence electrons. The van der Waals surface area contributed by atoms with Crippen LogP contribution in [0.2, 0.25) is 10.0 Å². The number of rotatable bonds is 7. The van der Waals surface area contributed by atoms with Crippen molar-refractivity contribution in [1.82, 2.24) is 5.32 Å². The molecule has 1 aromatic rings. The normalized spacial score (nSPS) is 19.1. The minimum Gasteiger partial charge on any atom is -0.313 e. The SMILES string of the molecule is Clc1ccc(SCCNC(C2CC2)C2CC2)cc1Cl. The van der Waals surface area contributed by atoms with E-state index in [1.165, 1.54) is 30.6 Å². The third-order valence-electron chi connectivity index (χ3n) is 3.90. The molecule has 0 radical (unpaired) electrons. The molecule has 0 spiro atoms. The summed E-state index contributed by atoms with van der Waals surface area (Å²) < 4.78 is 0. The average molecular weight is 316 g/mol. The second-order valence-electron chi connectivity index (χ2n) is 5.58. The maximum absolute atomic E-state index is 6.02. The Bertz CT molecular complexity index is 432. The molecule has 0 bridgehead atoms. The molecule has 0 heterocycles. The van der Waals surface area contributed by atoms with Gasteiger partial charge in [-0.25, -0.2) is 0 Å². The molecule has 2 fully saturated rings. The predicted octanol–water partition coefficient (Wildman–Crippen LogP) is 4.86. The fraction of sp³-hybridized carbons (Fsp3) is 0.600. The summed E-state index contributed by atoms with van der Waals surface area (Å²) in [6, 6.07) is 6.66. The minimum atomic E-state index is 0.631. The van der Waals surface area contributed by atoms with Gasteiger partial charge in [0.1, 0.15) is 0 Å². The van der Waals surface area contributed by atoms with E-state index in [9.17, 15) is 0 Å². The summed E-state index contributed by atoms with van der Waals surface area (Å²) in [7, 11) is 0. The third kappa shape index (κ3) is 4.04. The average Bonchev–Trinajstić information content (AvgIpc) is 3.27. The monoisotopic (exact) mass is 315 g/mol. The number of nitrogens with one attached hydrogen (secondary N) is 1. The van der Waals surface area contributed by atoms with Crippen LogP contribution in [0.4, 0.5) is 0 Å². The fourth-order valence-electron chi connectivity index (χ4n) is 2.59. The van der Waals surface area contributed by atoms with Crippen molar-refractivity contribution in [1.29, 1.82) is 0 Å². The van der Waals surface area contributed by atoms with Crippen LogP contribution in [0, 0.1) is 11.8 Å². The molecule has 1 aromatic carbocycles. The van der Waals surface area contributed by atoms with Gasteiger partial charge in [0.15, 0.2) is 0 Å². The van der Waals surface area contributed by atoms with E-state index in [0.29, 0.717) is 10.0 Å². The van der Waals surface area contributed by atoms with Gasteiger partial charge < -0.3 is 5.32 Å². The summed E-state index contributed by atoms with van der Waals surface area (Å²) >= 11 is 13.8. The summed E-state index contributed by atoms with van der Waals surface area (Å²) in [5.74, 6) is 3.04. The lowest BCUT2D eigenvalue weighted by Gasteiger charge is -2.17. The van der Waals surface area contributed by atoms with Crippen molar-refractivity contribution >= 4 is 35.0 Å². The van der Waals surface area contributed by atoms with Gasteiger partial charge in [-0.05, 0) is 55.7 Å². The van der Waals surface area contributed by atoms with Gasteiger partial charge in [0.2, 0.25) is 0 Å². The number of thioether (sulfide) groups is 1. The van der Waals surface area contributed by atoms with Crippen molar-refractivity contribution in [3.63, 3.8) is 0 Å². The van der Waals surface area contributed by atoms with Crippen LogP contribution in [-0.4, -0.2) is 18.3 Å². The summed E-state index contributed by atoms with van der Waals surface area (Å²) in [6.07, 6.45) is 5.75. The molecular formula is C15H19Cl2NS. The first-order valence-corrected chi connectivity index (χ1v) is 8.79. The van der Waals surface area contributed by atoms with Crippen LogP contribution in [0.1, 0.15) is 25.7 Å². The Morgan fingerprint density at radius 2 is 1.79 bits per heavy atom. The highest BCUT2D eigenvalue weighted by Gasteiger charge is 2.40. The van der Waals surface area contributed by atoms with Gasteiger partial charge in [-0.3, -0.25) is 0 Å². The third-order valence-corrected chi connectivity index (χ3v) is 5.64. The maximum Gasteiger partial charge on any atom is 0.0603 e. The molecule has 1 nitrogen and oxygen atoms in total. The van der Waals surface area contributed by atoms with Crippen LogP contribution >= 0.6 is 35.0 Å². The maximum atomic E-state index is 6.02. The van der Waals surface area contributed by atoms with Gasteiger partial charge in [-0.2, -0.15) is 0 Å². The van der Waals surface area contributed by atoms with Crippen molar-refractivity contribution in [3.05, 3.63) is 28.2 Å². The molecule has 1 N–H and O–H groups in total. The largest absolute Gasteiger partial charge is 0.313 e. The van der Waals surface area contributed by atoms with Crippen molar-refractivity contribution in [2.45, 2.75) is 36.6 Å². The number of benzene rings is 1. The molecule has 0 aromatic heterocycles. The standard InChI is InChI=1S/C15H19Cl2NS/c16-13-6-5-12(9-14(13)17)19-8-7-18-15(10-1-2-10)11-3-4-11/h5-6,9-11,15,18H,1-4,7-8H2. The summed E-state index contributed by atoms with van der Waals surface area (Å²) in [6.45, 7) is 1.09. The highest BCUT2D eigenvalue weighted by atomic mass is 35.5.